The van der Waals surface area contributed by atoms with E-state index in [1.807, 2.05) is 19.1 Å². The highest BCUT2D eigenvalue weighted by molar-refractivity contribution is 7.91. The lowest BCUT2D eigenvalue weighted by molar-refractivity contribution is -0.144. The summed E-state index contributed by atoms with van der Waals surface area (Å²) in [6.45, 7) is 1.98. The number of methoxy groups -OCH3 is 1. The van der Waals surface area contributed by atoms with Crippen LogP contribution in [0.5, 0.6) is 5.75 Å². The summed E-state index contributed by atoms with van der Waals surface area (Å²) < 4.78 is 34.6. The molecule has 0 saturated carbocycles. The van der Waals surface area contributed by atoms with Gasteiger partial charge in [-0.05, 0) is 31.2 Å². The largest absolute Gasteiger partial charge is 0.496 e. The van der Waals surface area contributed by atoms with Gasteiger partial charge in [-0.2, -0.15) is 0 Å². The second kappa shape index (κ2) is 7.97. The minimum atomic E-state index is -3.48. The molecule has 0 spiro atoms. The van der Waals surface area contributed by atoms with Crippen molar-refractivity contribution in [1.29, 1.82) is 0 Å². The van der Waals surface area contributed by atoms with Crippen molar-refractivity contribution in [2.24, 2.45) is 0 Å². The molecule has 0 radical (unpaired) electrons. The van der Waals surface area contributed by atoms with Crippen LogP contribution in [0.4, 0.5) is 0 Å². The average Bonchev–Trinajstić information content (AvgIpc) is 2.59. The molecule has 0 amide bonds. The van der Waals surface area contributed by atoms with Gasteiger partial charge in [0.1, 0.15) is 12.4 Å². The minimum absolute atomic E-state index is 0.0507. The zero-order chi connectivity index (χ0) is 17.6. The SMILES string of the molecule is COc1ccc(C)cc1COC(=O)CCS(=O)(=O)c1ccccc1. The lowest BCUT2D eigenvalue weighted by Crippen LogP contribution is -2.13. The zero-order valence-electron chi connectivity index (χ0n) is 13.7. The number of sulfone groups is 1. The predicted octanol–water partition coefficient (Wildman–Crippen LogP) is 2.91. The molecule has 128 valence electrons. The van der Waals surface area contributed by atoms with Crippen molar-refractivity contribution < 1.29 is 22.7 Å². The lowest BCUT2D eigenvalue weighted by atomic mass is 10.1. The van der Waals surface area contributed by atoms with E-state index in [9.17, 15) is 13.2 Å². The first kappa shape index (κ1) is 18.0. The Bertz CT molecular complexity index is 797. The molecule has 24 heavy (non-hydrogen) atoms. The van der Waals surface area contributed by atoms with Crippen LogP contribution >= 0.6 is 0 Å². The van der Waals surface area contributed by atoms with E-state index in [-0.39, 0.29) is 23.7 Å². The summed E-state index contributed by atoms with van der Waals surface area (Å²) in [6, 6.07) is 13.6. The van der Waals surface area contributed by atoms with E-state index in [4.69, 9.17) is 9.47 Å². The van der Waals surface area contributed by atoms with E-state index in [2.05, 4.69) is 0 Å². The Morgan fingerprint density at radius 1 is 1.08 bits per heavy atom. The van der Waals surface area contributed by atoms with Crippen LogP contribution in [0.3, 0.4) is 0 Å². The molecule has 2 aromatic rings. The van der Waals surface area contributed by atoms with Crippen molar-refractivity contribution in [3.63, 3.8) is 0 Å². The first-order valence-corrected chi connectivity index (χ1v) is 9.14. The van der Waals surface area contributed by atoms with Gasteiger partial charge in [-0.25, -0.2) is 8.42 Å². The Labute approximate surface area is 142 Å². The summed E-state index contributed by atoms with van der Waals surface area (Å²) in [5.74, 6) is -0.204. The van der Waals surface area contributed by atoms with E-state index < -0.39 is 15.8 Å². The summed E-state index contributed by atoms with van der Waals surface area (Å²) in [6.07, 6.45) is -0.189. The summed E-state index contributed by atoms with van der Waals surface area (Å²) in [5.41, 5.74) is 1.77. The maximum absolute atomic E-state index is 12.1. The summed E-state index contributed by atoms with van der Waals surface area (Å²) in [7, 11) is -1.94. The first-order chi connectivity index (χ1) is 11.4. The zero-order valence-corrected chi connectivity index (χ0v) is 14.5. The second-order valence-electron chi connectivity index (χ2n) is 5.36. The van der Waals surface area contributed by atoms with Crippen LogP contribution in [0.25, 0.3) is 0 Å². The molecule has 6 heteroatoms. The van der Waals surface area contributed by atoms with Gasteiger partial charge in [0, 0.05) is 5.56 Å². The molecule has 0 bridgehead atoms. The van der Waals surface area contributed by atoms with Gasteiger partial charge in [0.15, 0.2) is 9.84 Å². The molecule has 0 aromatic heterocycles. The number of hydrogen-bond acceptors (Lipinski definition) is 5. The quantitative estimate of drug-likeness (QED) is 0.720. The van der Waals surface area contributed by atoms with Gasteiger partial charge >= 0.3 is 5.97 Å². The maximum atomic E-state index is 12.1. The fourth-order valence-electron chi connectivity index (χ4n) is 2.21. The van der Waals surface area contributed by atoms with Gasteiger partial charge in [-0.15, -0.1) is 0 Å². The molecule has 0 aliphatic rings. The van der Waals surface area contributed by atoms with E-state index in [1.165, 1.54) is 12.1 Å². The molecule has 5 nitrogen and oxygen atoms in total. The summed E-state index contributed by atoms with van der Waals surface area (Å²) in [5, 5.41) is 0. The number of rotatable bonds is 7. The fourth-order valence-corrected chi connectivity index (χ4v) is 3.46. The molecule has 2 rings (SSSR count). The standard InChI is InChI=1S/C18H20O5S/c1-14-8-9-17(22-2)15(12-14)13-23-18(19)10-11-24(20,21)16-6-4-3-5-7-16/h3-9,12H,10-11,13H2,1-2H3. The Morgan fingerprint density at radius 3 is 2.46 bits per heavy atom. The Morgan fingerprint density at radius 2 is 1.79 bits per heavy atom. The normalized spacial score (nSPS) is 11.1. The number of aryl methyl sites for hydroxylation is 1. The topological polar surface area (TPSA) is 69.7 Å². The number of hydrogen-bond donors (Lipinski definition) is 0. The van der Waals surface area contributed by atoms with Gasteiger partial charge in [-0.1, -0.05) is 29.8 Å². The van der Waals surface area contributed by atoms with Crippen LogP contribution in [-0.4, -0.2) is 27.2 Å². The number of ether oxygens (including phenoxy) is 2. The molecule has 0 heterocycles. The van der Waals surface area contributed by atoms with Crippen molar-refractivity contribution in [2.45, 2.75) is 24.8 Å². The highest BCUT2D eigenvalue weighted by atomic mass is 32.2. The maximum Gasteiger partial charge on any atom is 0.307 e. The predicted molar refractivity (Wildman–Crippen MR) is 90.6 cm³/mol. The van der Waals surface area contributed by atoms with Gasteiger partial charge in [0.05, 0.1) is 24.2 Å². The Balaban J connectivity index is 1.92. The van der Waals surface area contributed by atoms with Gasteiger partial charge < -0.3 is 9.47 Å². The molecule has 0 fully saturated rings. The van der Waals surface area contributed by atoms with E-state index in [1.54, 1.807) is 31.4 Å². The molecule has 0 unspecified atom stereocenters. The van der Waals surface area contributed by atoms with Crippen molar-refractivity contribution in [3.8, 4) is 5.75 Å². The van der Waals surface area contributed by atoms with Crippen molar-refractivity contribution in [1.82, 2.24) is 0 Å². The number of carbonyl (C=O) groups excluding carboxylic acids is 1. The fraction of sp³-hybridized carbons (Fsp3) is 0.278. The average molecular weight is 348 g/mol. The molecular weight excluding hydrogens is 328 g/mol. The Kier molecular flexibility index (Phi) is 5.98. The number of esters is 1. The van der Waals surface area contributed by atoms with E-state index >= 15 is 0 Å². The van der Waals surface area contributed by atoms with Crippen LogP contribution in [0.2, 0.25) is 0 Å². The van der Waals surface area contributed by atoms with Crippen LogP contribution in [0, 0.1) is 6.92 Å². The minimum Gasteiger partial charge on any atom is -0.496 e. The molecule has 0 aliphatic heterocycles. The molecule has 0 aliphatic carbocycles. The third kappa shape index (κ3) is 4.83. The summed E-state index contributed by atoms with van der Waals surface area (Å²) >= 11 is 0. The highest BCUT2D eigenvalue weighted by Gasteiger charge is 2.17. The van der Waals surface area contributed by atoms with Crippen LogP contribution in [0.1, 0.15) is 17.5 Å². The summed E-state index contributed by atoms with van der Waals surface area (Å²) in [4.78, 5) is 12.1. The lowest BCUT2D eigenvalue weighted by Gasteiger charge is -2.10. The molecule has 0 saturated heterocycles. The first-order valence-electron chi connectivity index (χ1n) is 7.49. The Hall–Kier alpha value is -2.34. The van der Waals surface area contributed by atoms with Crippen molar-refractivity contribution in [3.05, 3.63) is 59.7 Å². The van der Waals surface area contributed by atoms with E-state index in [0.29, 0.717) is 5.75 Å². The van der Waals surface area contributed by atoms with Gasteiger partial charge in [-0.3, -0.25) is 4.79 Å². The molecule has 2 aromatic carbocycles. The van der Waals surface area contributed by atoms with E-state index in [0.717, 1.165) is 11.1 Å². The van der Waals surface area contributed by atoms with Crippen LogP contribution in [0.15, 0.2) is 53.4 Å². The highest BCUT2D eigenvalue weighted by Crippen LogP contribution is 2.20. The molecule has 0 N–H and O–H groups in total. The van der Waals surface area contributed by atoms with Gasteiger partial charge in [0.25, 0.3) is 0 Å². The molecular formula is C18H20O5S. The number of benzene rings is 2. The third-order valence-corrected chi connectivity index (χ3v) is 5.23. The monoisotopic (exact) mass is 348 g/mol. The van der Waals surface area contributed by atoms with Gasteiger partial charge in [0.2, 0.25) is 0 Å². The second-order valence-corrected chi connectivity index (χ2v) is 7.47. The molecule has 0 atom stereocenters. The van der Waals surface area contributed by atoms with Crippen molar-refractivity contribution >= 4 is 15.8 Å². The third-order valence-electron chi connectivity index (χ3n) is 3.50. The number of carbonyl (C=O) groups is 1. The van der Waals surface area contributed by atoms with Crippen molar-refractivity contribution in [2.75, 3.05) is 12.9 Å². The van der Waals surface area contributed by atoms with Crippen LogP contribution < -0.4 is 4.74 Å². The van der Waals surface area contributed by atoms with Crippen LogP contribution in [-0.2, 0) is 26.0 Å². The smallest absolute Gasteiger partial charge is 0.307 e.